The molecule has 4 heteroatoms. The second kappa shape index (κ2) is 4.31. The van der Waals surface area contributed by atoms with Gasteiger partial charge in [0.1, 0.15) is 0 Å². The SMILES string of the molecule is NCCc1cn[nH]c1-c1csc2ccccc12. The molecule has 3 aromatic rings. The number of aromatic amines is 1. The van der Waals surface area contributed by atoms with Crippen molar-refractivity contribution < 1.29 is 0 Å². The van der Waals surface area contributed by atoms with E-state index >= 15 is 0 Å². The molecule has 0 unspecified atom stereocenters. The maximum Gasteiger partial charge on any atom is 0.0697 e. The first-order valence-electron chi connectivity index (χ1n) is 5.59. The van der Waals surface area contributed by atoms with E-state index in [4.69, 9.17) is 5.73 Å². The summed E-state index contributed by atoms with van der Waals surface area (Å²) in [5, 5.41) is 10.7. The van der Waals surface area contributed by atoms with Gasteiger partial charge in [-0.25, -0.2) is 0 Å². The molecule has 0 aliphatic carbocycles. The first-order chi connectivity index (χ1) is 8.40. The van der Waals surface area contributed by atoms with Crippen LogP contribution in [0.15, 0.2) is 35.8 Å². The van der Waals surface area contributed by atoms with Gasteiger partial charge in [-0.15, -0.1) is 11.3 Å². The van der Waals surface area contributed by atoms with Crippen molar-refractivity contribution in [3.8, 4) is 11.3 Å². The molecule has 17 heavy (non-hydrogen) atoms. The van der Waals surface area contributed by atoms with E-state index in [1.165, 1.54) is 21.2 Å². The fourth-order valence-electron chi connectivity index (χ4n) is 2.06. The maximum absolute atomic E-state index is 5.62. The van der Waals surface area contributed by atoms with Gasteiger partial charge in [-0.05, 0) is 24.6 Å². The molecule has 0 spiro atoms. The quantitative estimate of drug-likeness (QED) is 0.743. The van der Waals surface area contributed by atoms with Crippen LogP contribution in [0.1, 0.15) is 5.56 Å². The van der Waals surface area contributed by atoms with Crippen LogP contribution in [0.2, 0.25) is 0 Å². The van der Waals surface area contributed by atoms with Crippen molar-refractivity contribution in [2.45, 2.75) is 6.42 Å². The Labute approximate surface area is 103 Å². The van der Waals surface area contributed by atoms with E-state index in [1.54, 1.807) is 11.3 Å². The second-order valence-electron chi connectivity index (χ2n) is 3.95. The van der Waals surface area contributed by atoms with Crippen molar-refractivity contribution in [1.82, 2.24) is 10.2 Å². The van der Waals surface area contributed by atoms with Crippen LogP contribution in [0, 0.1) is 0 Å². The third-order valence-corrected chi connectivity index (χ3v) is 3.85. The Balaban J connectivity index is 2.17. The lowest BCUT2D eigenvalue weighted by atomic mass is 10.1. The van der Waals surface area contributed by atoms with Gasteiger partial charge >= 0.3 is 0 Å². The Morgan fingerprint density at radius 2 is 2.18 bits per heavy atom. The standard InChI is InChI=1S/C13H13N3S/c14-6-5-9-7-15-16-13(9)11-8-17-12-4-2-1-3-10(11)12/h1-4,7-8H,5-6,14H2,(H,15,16). The first kappa shape index (κ1) is 10.5. The minimum absolute atomic E-state index is 0.647. The highest BCUT2D eigenvalue weighted by atomic mass is 32.1. The fraction of sp³-hybridized carbons (Fsp3) is 0.154. The molecule has 0 bridgehead atoms. The van der Waals surface area contributed by atoms with Crippen LogP contribution < -0.4 is 5.73 Å². The summed E-state index contributed by atoms with van der Waals surface area (Å²) in [5.74, 6) is 0. The van der Waals surface area contributed by atoms with Gasteiger partial charge in [0.05, 0.1) is 11.9 Å². The normalized spacial score (nSPS) is 11.1. The van der Waals surface area contributed by atoms with E-state index in [9.17, 15) is 0 Å². The Kier molecular flexibility index (Phi) is 2.66. The highest BCUT2D eigenvalue weighted by Gasteiger charge is 2.11. The van der Waals surface area contributed by atoms with Crippen molar-refractivity contribution >= 4 is 21.4 Å². The van der Waals surface area contributed by atoms with Gasteiger partial charge in [0.25, 0.3) is 0 Å². The van der Waals surface area contributed by atoms with Crippen molar-refractivity contribution in [3.05, 3.63) is 41.4 Å². The zero-order valence-corrected chi connectivity index (χ0v) is 10.1. The lowest BCUT2D eigenvalue weighted by Crippen LogP contribution is -2.02. The number of rotatable bonds is 3. The number of aromatic nitrogens is 2. The number of hydrogen-bond donors (Lipinski definition) is 2. The van der Waals surface area contributed by atoms with Crippen LogP contribution in [0.5, 0.6) is 0 Å². The van der Waals surface area contributed by atoms with Crippen LogP contribution in [0.25, 0.3) is 21.3 Å². The summed E-state index contributed by atoms with van der Waals surface area (Å²) in [6.45, 7) is 0.647. The zero-order valence-electron chi connectivity index (χ0n) is 9.31. The number of thiophene rings is 1. The summed E-state index contributed by atoms with van der Waals surface area (Å²) in [6, 6.07) is 8.42. The summed E-state index contributed by atoms with van der Waals surface area (Å²) in [7, 11) is 0. The molecule has 0 saturated heterocycles. The monoisotopic (exact) mass is 243 g/mol. The minimum atomic E-state index is 0.647. The van der Waals surface area contributed by atoms with E-state index in [0.717, 1.165) is 12.1 Å². The summed E-state index contributed by atoms with van der Waals surface area (Å²) in [6.07, 6.45) is 2.73. The molecule has 0 amide bonds. The number of benzene rings is 1. The molecule has 1 aromatic carbocycles. The van der Waals surface area contributed by atoms with Gasteiger partial charge in [-0.3, -0.25) is 5.10 Å². The zero-order chi connectivity index (χ0) is 11.7. The molecule has 0 fully saturated rings. The molecule has 2 heterocycles. The molecule has 2 aromatic heterocycles. The Morgan fingerprint density at radius 1 is 1.29 bits per heavy atom. The van der Waals surface area contributed by atoms with Gasteiger partial charge in [0.15, 0.2) is 0 Å². The molecule has 3 rings (SSSR count). The average molecular weight is 243 g/mol. The van der Waals surface area contributed by atoms with Crippen molar-refractivity contribution in [2.75, 3.05) is 6.54 Å². The molecule has 3 nitrogen and oxygen atoms in total. The van der Waals surface area contributed by atoms with Crippen molar-refractivity contribution in [2.24, 2.45) is 5.73 Å². The number of fused-ring (bicyclic) bond motifs is 1. The van der Waals surface area contributed by atoms with E-state index in [-0.39, 0.29) is 0 Å². The van der Waals surface area contributed by atoms with Crippen LogP contribution in [0.4, 0.5) is 0 Å². The molecule has 0 saturated carbocycles. The topological polar surface area (TPSA) is 54.7 Å². The van der Waals surface area contributed by atoms with Crippen molar-refractivity contribution in [1.29, 1.82) is 0 Å². The molecule has 0 aliphatic heterocycles. The van der Waals surface area contributed by atoms with E-state index in [1.807, 2.05) is 6.20 Å². The molecule has 86 valence electrons. The lowest BCUT2D eigenvalue weighted by Gasteiger charge is -2.00. The fourth-order valence-corrected chi connectivity index (χ4v) is 3.01. The van der Waals surface area contributed by atoms with Crippen LogP contribution >= 0.6 is 11.3 Å². The third kappa shape index (κ3) is 1.75. The maximum atomic E-state index is 5.62. The number of nitrogens with zero attached hydrogens (tertiary/aromatic N) is 1. The predicted octanol–water partition coefficient (Wildman–Crippen LogP) is 2.79. The van der Waals surface area contributed by atoms with E-state index < -0.39 is 0 Å². The number of H-pyrrole nitrogens is 1. The third-order valence-electron chi connectivity index (χ3n) is 2.88. The van der Waals surface area contributed by atoms with Crippen LogP contribution in [-0.2, 0) is 6.42 Å². The largest absolute Gasteiger partial charge is 0.330 e. The highest BCUT2D eigenvalue weighted by molar-refractivity contribution is 7.17. The smallest absolute Gasteiger partial charge is 0.0697 e. The highest BCUT2D eigenvalue weighted by Crippen LogP contribution is 2.34. The summed E-state index contributed by atoms with van der Waals surface area (Å²) in [5.41, 5.74) is 9.14. The Bertz CT molecular complexity index is 639. The van der Waals surface area contributed by atoms with E-state index in [0.29, 0.717) is 6.54 Å². The number of nitrogens with one attached hydrogen (secondary N) is 1. The molecule has 0 atom stereocenters. The lowest BCUT2D eigenvalue weighted by molar-refractivity contribution is 0.972. The molecular formula is C13H13N3S. The average Bonchev–Trinajstić information content (AvgIpc) is 2.95. The number of nitrogens with two attached hydrogens (primary N) is 1. The molecular weight excluding hydrogens is 230 g/mol. The Hall–Kier alpha value is -1.65. The Morgan fingerprint density at radius 3 is 3.06 bits per heavy atom. The minimum Gasteiger partial charge on any atom is -0.330 e. The molecule has 0 aliphatic rings. The van der Waals surface area contributed by atoms with E-state index in [2.05, 4.69) is 39.8 Å². The predicted molar refractivity (Wildman–Crippen MR) is 72.2 cm³/mol. The van der Waals surface area contributed by atoms with Crippen molar-refractivity contribution in [3.63, 3.8) is 0 Å². The van der Waals surface area contributed by atoms with Gasteiger partial charge in [-0.1, -0.05) is 18.2 Å². The van der Waals surface area contributed by atoms with Gasteiger partial charge in [0, 0.05) is 21.0 Å². The van der Waals surface area contributed by atoms with Gasteiger partial charge in [0.2, 0.25) is 0 Å². The summed E-state index contributed by atoms with van der Waals surface area (Å²) in [4.78, 5) is 0. The summed E-state index contributed by atoms with van der Waals surface area (Å²) < 4.78 is 1.30. The second-order valence-corrected chi connectivity index (χ2v) is 4.87. The van der Waals surface area contributed by atoms with Gasteiger partial charge in [-0.2, -0.15) is 5.10 Å². The molecule has 3 N–H and O–H groups in total. The van der Waals surface area contributed by atoms with Crippen LogP contribution in [0.3, 0.4) is 0 Å². The number of hydrogen-bond acceptors (Lipinski definition) is 3. The van der Waals surface area contributed by atoms with Gasteiger partial charge < -0.3 is 5.73 Å². The first-order valence-corrected chi connectivity index (χ1v) is 6.47. The summed E-state index contributed by atoms with van der Waals surface area (Å²) >= 11 is 1.76. The molecule has 0 radical (unpaired) electrons. The van der Waals surface area contributed by atoms with Crippen LogP contribution in [-0.4, -0.2) is 16.7 Å².